The summed E-state index contributed by atoms with van der Waals surface area (Å²) < 4.78 is 25.3. The van der Waals surface area contributed by atoms with Gasteiger partial charge in [-0.15, -0.1) is 0 Å². The Morgan fingerprint density at radius 1 is 1.05 bits per heavy atom. The van der Waals surface area contributed by atoms with Gasteiger partial charge in [-0.2, -0.15) is 0 Å². The molecule has 106 valence electrons. The Kier molecular flexibility index (Phi) is 5.43. The molecule has 0 fully saturated rings. The van der Waals surface area contributed by atoms with Crippen molar-refractivity contribution < 1.29 is 13.9 Å². The van der Waals surface area contributed by atoms with Crippen molar-refractivity contribution in [3.63, 3.8) is 0 Å². The lowest BCUT2D eigenvalue weighted by Crippen LogP contribution is -1.98. The van der Waals surface area contributed by atoms with Crippen molar-refractivity contribution in [2.75, 3.05) is 7.11 Å². The molecule has 0 saturated carbocycles. The fourth-order valence-corrected chi connectivity index (χ4v) is 2.64. The fraction of sp³-hybridized carbons (Fsp3) is 0.200. The predicted octanol–water partition coefficient (Wildman–Crippen LogP) is 5.07. The predicted molar refractivity (Wildman–Crippen MR) is 84.1 cm³/mol. The van der Waals surface area contributed by atoms with Gasteiger partial charge in [0.1, 0.15) is 12.4 Å². The SMILES string of the molecule is COc1ccc(COc2ccc(CBr)cc2F)cc1Br. The van der Waals surface area contributed by atoms with Gasteiger partial charge in [-0.05, 0) is 51.3 Å². The number of hydrogen-bond acceptors (Lipinski definition) is 2. The zero-order chi connectivity index (χ0) is 14.5. The summed E-state index contributed by atoms with van der Waals surface area (Å²) in [5.41, 5.74) is 1.81. The Balaban J connectivity index is 2.07. The molecule has 0 N–H and O–H groups in total. The third kappa shape index (κ3) is 3.73. The van der Waals surface area contributed by atoms with Gasteiger partial charge in [-0.1, -0.05) is 28.1 Å². The molecule has 0 bridgehead atoms. The summed E-state index contributed by atoms with van der Waals surface area (Å²) >= 11 is 6.70. The number of ether oxygens (including phenoxy) is 2. The fourth-order valence-electron chi connectivity index (χ4n) is 1.71. The first-order valence-electron chi connectivity index (χ1n) is 5.93. The molecule has 0 aliphatic rings. The summed E-state index contributed by atoms with van der Waals surface area (Å²) in [4.78, 5) is 0. The van der Waals surface area contributed by atoms with Crippen LogP contribution in [0.2, 0.25) is 0 Å². The minimum absolute atomic E-state index is 0.252. The van der Waals surface area contributed by atoms with Crippen LogP contribution in [-0.4, -0.2) is 7.11 Å². The molecule has 0 unspecified atom stereocenters. The van der Waals surface area contributed by atoms with Gasteiger partial charge in [0.25, 0.3) is 0 Å². The summed E-state index contributed by atoms with van der Waals surface area (Å²) in [7, 11) is 1.61. The molecule has 0 amide bonds. The third-order valence-electron chi connectivity index (χ3n) is 2.76. The molecule has 0 heterocycles. The molecule has 20 heavy (non-hydrogen) atoms. The molecule has 0 atom stereocenters. The van der Waals surface area contributed by atoms with E-state index in [4.69, 9.17) is 9.47 Å². The average molecular weight is 404 g/mol. The largest absolute Gasteiger partial charge is 0.496 e. The maximum Gasteiger partial charge on any atom is 0.165 e. The van der Waals surface area contributed by atoms with Crippen molar-refractivity contribution in [2.45, 2.75) is 11.9 Å². The molecule has 2 aromatic rings. The van der Waals surface area contributed by atoms with E-state index in [9.17, 15) is 4.39 Å². The number of rotatable bonds is 5. The Labute approximate surface area is 134 Å². The van der Waals surface area contributed by atoms with Gasteiger partial charge in [0.05, 0.1) is 11.6 Å². The molecule has 0 spiro atoms. The minimum Gasteiger partial charge on any atom is -0.496 e. The minimum atomic E-state index is -0.352. The van der Waals surface area contributed by atoms with Gasteiger partial charge in [-0.25, -0.2) is 4.39 Å². The monoisotopic (exact) mass is 402 g/mol. The molecule has 0 saturated heterocycles. The van der Waals surface area contributed by atoms with Crippen LogP contribution in [0.3, 0.4) is 0 Å². The summed E-state index contributed by atoms with van der Waals surface area (Å²) in [6, 6.07) is 10.6. The highest BCUT2D eigenvalue weighted by atomic mass is 79.9. The van der Waals surface area contributed by atoms with Crippen LogP contribution in [0.4, 0.5) is 4.39 Å². The zero-order valence-electron chi connectivity index (χ0n) is 10.8. The van der Waals surface area contributed by atoms with E-state index in [0.29, 0.717) is 11.9 Å². The molecular formula is C15H13Br2FO2. The first-order valence-corrected chi connectivity index (χ1v) is 7.85. The van der Waals surface area contributed by atoms with Gasteiger partial charge in [0.2, 0.25) is 0 Å². The summed E-state index contributed by atoms with van der Waals surface area (Å²) in [6.45, 7) is 0.299. The van der Waals surface area contributed by atoms with Gasteiger partial charge in [-0.3, -0.25) is 0 Å². The quantitative estimate of drug-likeness (QED) is 0.648. The van der Waals surface area contributed by atoms with Crippen LogP contribution < -0.4 is 9.47 Å². The molecule has 0 aromatic heterocycles. The van der Waals surface area contributed by atoms with Crippen LogP contribution in [0.5, 0.6) is 11.5 Å². The maximum atomic E-state index is 13.8. The Bertz CT molecular complexity index is 602. The van der Waals surface area contributed by atoms with E-state index in [-0.39, 0.29) is 11.6 Å². The van der Waals surface area contributed by atoms with Crippen LogP contribution in [0.1, 0.15) is 11.1 Å². The normalized spacial score (nSPS) is 10.4. The van der Waals surface area contributed by atoms with E-state index >= 15 is 0 Å². The van der Waals surface area contributed by atoms with E-state index in [1.165, 1.54) is 6.07 Å². The van der Waals surface area contributed by atoms with E-state index < -0.39 is 0 Å². The smallest absolute Gasteiger partial charge is 0.165 e. The molecular weight excluding hydrogens is 391 g/mol. The molecule has 2 nitrogen and oxygen atoms in total. The second-order valence-electron chi connectivity index (χ2n) is 4.16. The lowest BCUT2D eigenvalue weighted by Gasteiger charge is -2.10. The molecule has 5 heteroatoms. The molecule has 2 rings (SSSR count). The Morgan fingerprint density at radius 3 is 2.35 bits per heavy atom. The van der Waals surface area contributed by atoms with Gasteiger partial charge >= 0.3 is 0 Å². The molecule has 0 aliphatic carbocycles. The van der Waals surface area contributed by atoms with Gasteiger partial charge in [0.15, 0.2) is 11.6 Å². The highest BCUT2D eigenvalue weighted by Gasteiger charge is 2.06. The molecule has 0 aliphatic heterocycles. The van der Waals surface area contributed by atoms with E-state index in [0.717, 1.165) is 21.3 Å². The van der Waals surface area contributed by atoms with Crippen LogP contribution in [0.25, 0.3) is 0 Å². The van der Waals surface area contributed by atoms with Crippen LogP contribution in [-0.2, 0) is 11.9 Å². The van der Waals surface area contributed by atoms with E-state index in [1.807, 2.05) is 24.3 Å². The van der Waals surface area contributed by atoms with Crippen molar-refractivity contribution in [1.29, 1.82) is 0 Å². The summed E-state index contributed by atoms with van der Waals surface area (Å²) in [5.74, 6) is 0.651. The number of halogens is 3. The third-order valence-corrected chi connectivity index (χ3v) is 4.03. The lowest BCUT2D eigenvalue weighted by molar-refractivity contribution is 0.290. The van der Waals surface area contributed by atoms with Gasteiger partial charge < -0.3 is 9.47 Å². The molecule has 0 radical (unpaired) electrons. The van der Waals surface area contributed by atoms with Gasteiger partial charge in [0, 0.05) is 5.33 Å². The number of alkyl halides is 1. The van der Waals surface area contributed by atoms with Crippen molar-refractivity contribution >= 4 is 31.9 Å². The van der Waals surface area contributed by atoms with Crippen molar-refractivity contribution in [1.82, 2.24) is 0 Å². The molecule has 2 aromatic carbocycles. The van der Waals surface area contributed by atoms with Crippen LogP contribution in [0.15, 0.2) is 40.9 Å². The summed E-state index contributed by atoms with van der Waals surface area (Å²) in [5, 5.41) is 0.621. The standard InChI is InChI=1S/C15H13Br2FO2/c1-19-14-4-3-11(6-12(14)17)9-20-15-5-2-10(8-16)7-13(15)18/h2-7H,8-9H2,1H3. The second-order valence-corrected chi connectivity index (χ2v) is 5.57. The number of methoxy groups -OCH3 is 1. The number of hydrogen-bond donors (Lipinski definition) is 0. The van der Waals surface area contributed by atoms with Crippen LogP contribution >= 0.6 is 31.9 Å². The zero-order valence-corrected chi connectivity index (χ0v) is 14.0. The first kappa shape index (κ1) is 15.3. The van der Waals surface area contributed by atoms with Crippen LogP contribution in [0, 0.1) is 5.82 Å². The number of benzene rings is 2. The highest BCUT2D eigenvalue weighted by molar-refractivity contribution is 9.10. The highest BCUT2D eigenvalue weighted by Crippen LogP contribution is 2.26. The topological polar surface area (TPSA) is 18.5 Å². The average Bonchev–Trinajstić information content (AvgIpc) is 2.46. The van der Waals surface area contributed by atoms with E-state index in [2.05, 4.69) is 31.9 Å². The first-order chi connectivity index (χ1) is 9.63. The van der Waals surface area contributed by atoms with Crippen molar-refractivity contribution in [3.05, 3.63) is 57.8 Å². The maximum absolute atomic E-state index is 13.8. The van der Waals surface area contributed by atoms with Crippen molar-refractivity contribution in [2.24, 2.45) is 0 Å². The summed E-state index contributed by atoms with van der Waals surface area (Å²) in [6.07, 6.45) is 0. The lowest BCUT2D eigenvalue weighted by atomic mass is 10.2. The van der Waals surface area contributed by atoms with E-state index in [1.54, 1.807) is 13.2 Å². The Morgan fingerprint density at radius 2 is 1.75 bits per heavy atom. The second kappa shape index (κ2) is 7.09. The Hall–Kier alpha value is -1.07. The van der Waals surface area contributed by atoms with Crippen molar-refractivity contribution in [3.8, 4) is 11.5 Å².